The summed E-state index contributed by atoms with van der Waals surface area (Å²) in [6.07, 6.45) is 4.01. The van der Waals surface area contributed by atoms with E-state index in [1.54, 1.807) is 0 Å². The van der Waals surface area contributed by atoms with Crippen molar-refractivity contribution in [3.05, 3.63) is 34.9 Å². The first kappa shape index (κ1) is 16.8. The summed E-state index contributed by atoms with van der Waals surface area (Å²) in [4.78, 5) is 2.55. The lowest BCUT2D eigenvalue weighted by molar-refractivity contribution is 0.172. The van der Waals surface area contributed by atoms with Crippen LogP contribution >= 0.6 is 24.0 Å². The van der Waals surface area contributed by atoms with Crippen molar-refractivity contribution in [3.63, 3.8) is 0 Å². The number of hydrogen-bond donors (Lipinski definition) is 1. The maximum Gasteiger partial charge on any atom is 0.0406 e. The maximum absolute atomic E-state index is 5.90. The van der Waals surface area contributed by atoms with E-state index in [1.165, 1.54) is 37.9 Å². The van der Waals surface area contributed by atoms with E-state index in [2.05, 4.69) is 22.3 Å². The van der Waals surface area contributed by atoms with Gasteiger partial charge < -0.3 is 5.32 Å². The Morgan fingerprint density at radius 2 is 1.84 bits per heavy atom. The highest BCUT2D eigenvalue weighted by Gasteiger charge is 2.18. The van der Waals surface area contributed by atoms with E-state index < -0.39 is 0 Å². The summed E-state index contributed by atoms with van der Waals surface area (Å²) in [5, 5.41) is 4.07. The third-order valence-electron chi connectivity index (χ3n) is 3.83. The summed E-state index contributed by atoms with van der Waals surface area (Å²) in [5.41, 5.74) is 1.37. The van der Waals surface area contributed by atoms with Crippen LogP contribution in [0.5, 0.6) is 0 Å². The lowest BCUT2D eigenvalue weighted by atomic mass is 9.93. The second-order valence-electron chi connectivity index (χ2n) is 5.24. The Bertz CT molecular complexity index is 346. The molecule has 2 rings (SSSR count). The van der Waals surface area contributed by atoms with E-state index >= 15 is 0 Å². The Labute approximate surface area is 127 Å². The third kappa shape index (κ3) is 5.70. The van der Waals surface area contributed by atoms with Crippen molar-refractivity contribution < 1.29 is 0 Å². The van der Waals surface area contributed by atoms with Gasteiger partial charge in [-0.05, 0) is 69.6 Å². The number of likely N-dealkylation sites (tertiary alicyclic amines) is 1. The highest BCUT2D eigenvalue weighted by atomic mass is 35.5. The number of rotatable bonds is 5. The molecule has 1 N–H and O–H groups in total. The highest BCUT2D eigenvalue weighted by Crippen LogP contribution is 2.21. The summed E-state index contributed by atoms with van der Waals surface area (Å²) in [6.45, 7) is 4.69. The fourth-order valence-corrected chi connectivity index (χ4v) is 2.76. The maximum atomic E-state index is 5.90. The molecule has 0 aromatic heterocycles. The normalized spacial score (nSPS) is 17.2. The van der Waals surface area contributed by atoms with Crippen LogP contribution in [-0.4, -0.2) is 31.6 Å². The summed E-state index contributed by atoms with van der Waals surface area (Å²) in [7, 11) is 2.04. The molecule has 1 fully saturated rings. The molecule has 0 aliphatic carbocycles. The van der Waals surface area contributed by atoms with Crippen molar-refractivity contribution in [1.29, 1.82) is 0 Å². The van der Waals surface area contributed by atoms with E-state index in [1.807, 2.05) is 19.2 Å². The van der Waals surface area contributed by atoms with Gasteiger partial charge in [-0.25, -0.2) is 0 Å². The van der Waals surface area contributed by atoms with Crippen molar-refractivity contribution >= 4 is 24.0 Å². The summed E-state index contributed by atoms with van der Waals surface area (Å²) >= 11 is 5.90. The molecule has 0 radical (unpaired) electrons. The van der Waals surface area contributed by atoms with Crippen molar-refractivity contribution in [2.45, 2.75) is 25.8 Å². The summed E-state index contributed by atoms with van der Waals surface area (Å²) < 4.78 is 0. The smallest absolute Gasteiger partial charge is 0.0406 e. The highest BCUT2D eigenvalue weighted by molar-refractivity contribution is 6.30. The van der Waals surface area contributed by atoms with Crippen molar-refractivity contribution in [1.82, 2.24) is 10.2 Å². The second-order valence-corrected chi connectivity index (χ2v) is 5.67. The largest absolute Gasteiger partial charge is 0.320 e. The Hall–Kier alpha value is -0.280. The fourth-order valence-electron chi connectivity index (χ4n) is 2.63. The lowest BCUT2D eigenvalue weighted by Gasteiger charge is -2.32. The first-order chi connectivity index (χ1) is 8.78. The van der Waals surface area contributed by atoms with Crippen molar-refractivity contribution in [2.75, 3.05) is 26.7 Å². The number of halogens is 2. The third-order valence-corrected chi connectivity index (χ3v) is 4.08. The molecule has 1 heterocycles. The minimum Gasteiger partial charge on any atom is -0.320 e. The van der Waals surface area contributed by atoms with Gasteiger partial charge in [-0.15, -0.1) is 12.4 Å². The molecule has 1 aromatic carbocycles. The fraction of sp³-hybridized carbons (Fsp3) is 0.600. The van der Waals surface area contributed by atoms with Gasteiger partial charge >= 0.3 is 0 Å². The predicted octanol–water partition coefficient (Wildman–Crippen LogP) is 3.58. The van der Waals surface area contributed by atoms with Crippen molar-refractivity contribution in [2.24, 2.45) is 5.92 Å². The van der Waals surface area contributed by atoms with Gasteiger partial charge in [0, 0.05) is 11.6 Å². The minimum absolute atomic E-state index is 0. The SMILES string of the molecule is CNCCC1CCN(Cc2ccc(Cl)cc2)CC1.Cl. The Morgan fingerprint density at radius 3 is 2.42 bits per heavy atom. The second kappa shape index (κ2) is 8.80. The van der Waals surface area contributed by atoms with Crippen LogP contribution < -0.4 is 5.32 Å². The molecule has 1 saturated heterocycles. The zero-order valence-corrected chi connectivity index (χ0v) is 13.1. The quantitative estimate of drug-likeness (QED) is 0.894. The molecular formula is C15H24Cl2N2. The van der Waals surface area contributed by atoms with Gasteiger partial charge in [0.05, 0.1) is 0 Å². The number of nitrogens with one attached hydrogen (secondary N) is 1. The van der Waals surface area contributed by atoms with Gasteiger partial charge in [-0.2, -0.15) is 0 Å². The van der Waals surface area contributed by atoms with E-state index in [-0.39, 0.29) is 12.4 Å². The molecule has 1 aliphatic heterocycles. The molecule has 0 spiro atoms. The summed E-state index contributed by atoms with van der Waals surface area (Å²) in [6, 6.07) is 8.23. The molecule has 0 bridgehead atoms. The van der Waals surface area contributed by atoms with Gasteiger partial charge in [-0.3, -0.25) is 4.90 Å². The van der Waals surface area contributed by atoms with Gasteiger partial charge in [0.25, 0.3) is 0 Å². The van der Waals surface area contributed by atoms with E-state index in [9.17, 15) is 0 Å². The van der Waals surface area contributed by atoms with Gasteiger partial charge in [-0.1, -0.05) is 23.7 Å². The minimum atomic E-state index is 0. The molecule has 0 saturated carbocycles. The van der Waals surface area contributed by atoms with Gasteiger partial charge in [0.2, 0.25) is 0 Å². The van der Waals surface area contributed by atoms with E-state index in [4.69, 9.17) is 11.6 Å². The van der Waals surface area contributed by atoms with Crippen LogP contribution in [0.4, 0.5) is 0 Å². The average molecular weight is 303 g/mol. The number of piperidine rings is 1. The zero-order chi connectivity index (χ0) is 12.8. The first-order valence-electron chi connectivity index (χ1n) is 6.89. The topological polar surface area (TPSA) is 15.3 Å². The molecule has 0 amide bonds. The Kier molecular flexibility index (Phi) is 7.77. The molecule has 2 nitrogen and oxygen atoms in total. The monoisotopic (exact) mass is 302 g/mol. The van der Waals surface area contributed by atoms with Crippen LogP contribution in [0.15, 0.2) is 24.3 Å². The molecule has 0 unspecified atom stereocenters. The average Bonchev–Trinajstić information content (AvgIpc) is 2.41. The molecular weight excluding hydrogens is 279 g/mol. The van der Waals surface area contributed by atoms with Crippen LogP contribution in [0.2, 0.25) is 5.02 Å². The van der Waals surface area contributed by atoms with Crippen LogP contribution in [0.1, 0.15) is 24.8 Å². The standard InChI is InChI=1S/C15H23ClN2.ClH/c1-17-9-6-13-7-10-18(11-8-13)12-14-2-4-15(16)5-3-14;/h2-5,13,17H,6-12H2,1H3;1H. The van der Waals surface area contributed by atoms with Crippen LogP contribution in [0, 0.1) is 5.92 Å². The van der Waals surface area contributed by atoms with Gasteiger partial charge in [0.1, 0.15) is 0 Å². The van der Waals surface area contributed by atoms with Crippen molar-refractivity contribution in [3.8, 4) is 0 Å². The molecule has 0 atom stereocenters. The molecule has 19 heavy (non-hydrogen) atoms. The van der Waals surface area contributed by atoms with Crippen LogP contribution in [0.3, 0.4) is 0 Å². The van der Waals surface area contributed by atoms with E-state index in [0.29, 0.717) is 0 Å². The Balaban J connectivity index is 0.00000180. The molecule has 1 aromatic rings. The number of nitrogens with zero attached hydrogens (tertiary/aromatic N) is 1. The zero-order valence-electron chi connectivity index (χ0n) is 11.6. The summed E-state index contributed by atoms with van der Waals surface area (Å²) in [5.74, 6) is 0.916. The van der Waals surface area contributed by atoms with Gasteiger partial charge in [0.15, 0.2) is 0 Å². The van der Waals surface area contributed by atoms with Crippen LogP contribution in [0.25, 0.3) is 0 Å². The molecule has 108 valence electrons. The van der Waals surface area contributed by atoms with Crippen LogP contribution in [-0.2, 0) is 6.54 Å². The number of hydrogen-bond acceptors (Lipinski definition) is 2. The van der Waals surface area contributed by atoms with E-state index in [0.717, 1.165) is 24.0 Å². The first-order valence-corrected chi connectivity index (χ1v) is 7.27. The predicted molar refractivity (Wildman–Crippen MR) is 85.2 cm³/mol. The molecule has 1 aliphatic rings. The lowest BCUT2D eigenvalue weighted by Crippen LogP contribution is -2.34. The molecule has 4 heteroatoms. The number of benzene rings is 1. The Morgan fingerprint density at radius 1 is 1.21 bits per heavy atom.